The summed E-state index contributed by atoms with van der Waals surface area (Å²) in [6.45, 7) is 8.23. The minimum atomic E-state index is 0.154. The van der Waals surface area contributed by atoms with Gasteiger partial charge in [0.05, 0.1) is 18.3 Å². The first-order valence-electron chi connectivity index (χ1n) is 6.01. The van der Waals surface area contributed by atoms with Crippen molar-refractivity contribution in [3.8, 4) is 0 Å². The van der Waals surface area contributed by atoms with Crippen molar-refractivity contribution in [1.29, 1.82) is 0 Å². The normalized spacial score (nSPS) is 15.0. The second-order valence-corrected chi connectivity index (χ2v) is 4.00. The van der Waals surface area contributed by atoms with E-state index < -0.39 is 0 Å². The Morgan fingerprint density at radius 3 is 2.75 bits per heavy atom. The lowest BCUT2D eigenvalue weighted by Crippen LogP contribution is -2.31. The predicted molar refractivity (Wildman–Crippen MR) is 65.4 cm³/mol. The first kappa shape index (κ1) is 13.2. The smallest absolute Gasteiger partial charge is 0.0739 e. The van der Waals surface area contributed by atoms with Crippen LogP contribution in [0.2, 0.25) is 0 Å². The first-order valence-corrected chi connectivity index (χ1v) is 6.01. The molecule has 4 heteroatoms. The minimum absolute atomic E-state index is 0.154. The van der Waals surface area contributed by atoms with Gasteiger partial charge in [-0.3, -0.25) is 4.68 Å². The minimum Gasteiger partial charge on any atom is -0.380 e. The van der Waals surface area contributed by atoms with Crippen LogP contribution in [-0.2, 0) is 11.3 Å². The Balaban J connectivity index is 2.74. The van der Waals surface area contributed by atoms with Crippen LogP contribution in [0.1, 0.15) is 38.8 Å². The van der Waals surface area contributed by atoms with Crippen LogP contribution < -0.4 is 5.32 Å². The molecule has 0 saturated heterocycles. The zero-order valence-electron chi connectivity index (χ0n) is 10.7. The predicted octanol–water partition coefficient (Wildman–Crippen LogP) is 1.98. The molecule has 2 atom stereocenters. The Bertz CT molecular complexity index is 298. The molecule has 0 aromatic carbocycles. The maximum Gasteiger partial charge on any atom is 0.0739 e. The van der Waals surface area contributed by atoms with Crippen molar-refractivity contribution >= 4 is 0 Å². The molecule has 1 aromatic rings. The van der Waals surface area contributed by atoms with Gasteiger partial charge in [-0.1, -0.05) is 6.92 Å². The highest BCUT2D eigenvalue weighted by Gasteiger charge is 2.19. The Hall–Kier alpha value is -0.870. The standard InChI is InChI=1S/C12H23N3O/c1-5-7-13-12(10(3)16-4)11-8-14-15(6-2)9-11/h8-10,12-13H,5-7H2,1-4H3. The lowest BCUT2D eigenvalue weighted by molar-refractivity contribution is 0.0830. The number of nitrogens with zero attached hydrogens (tertiary/aromatic N) is 2. The van der Waals surface area contributed by atoms with Crippen LogP contribution in [0.15, 0.2) is 12.4 Å². The van der Waals surface area contributed by atoms with Crippen molar-refractivity contribution in [2.75, 3.05) is 13.7 Å². The Morgan fingerprint density at radius 1 is 1.50 bits per heavy atom. The summed E-state index contributed by atoms with van der Waals surface area (Å²) in [5.41, 5.74) is 1.20. The van der Waals surface area contributed by atoms with E-state index in [0.29, 0.717) is 0 Å². The second kappa shape index (κ2) is 6.66. The van der Waals surface area contributed by atoms with Gasteiger partial charge < -0.3 is 10.1 Å². The molecule has 2 unspecified atom stereocenters. The number of hydrogen-bond acceptors (Lipinski definition) is 3. The van der Waals surface area contributed by atoms with Crippen molar-refractivity contribution in [2.24, 2.45) is 0 Å². The third kappa shape index (κ3) is 3.32. The van der Waals surface area contributed by atoms with E-state index in [9.17, 15) is 0 Å². The van der Waals surface area contributed by atoms with Crippen molar-refractivity contribution < 1.29 is 4.74 Å². The van der Waals surface area contributed by atoms with Gasteiger partial charge in [-0.15, -0.1) is 0 Å². The van der Waals surface area contributed by atoms with E-state index in [1.807, 2.05) is 10.9 Å². The molecular formula is C12H23N3O. The molecule has 0 radical (unpaired) electrons. The highest BCUT2D eigenvalue weighted by Crippen LogP contribution is 2.18. The zero-order valence-corrected chi connectivity index (χ0v) is 10.7. The molecule has 0 amide bonds. The number of hydrogen-bond donors (Lipinski definition) is 1. The first-order chi connectivity index (χ1) is 7.72. The third-order valence-corrected chi connectivity index (χ3v) is 2.79. The largest absolute Gasteiger partial charge is 0.380 e. The number of methoxy groups -OCH3 is 1. The van der Waals surface area contributed by atoms with E-state index >= 15 is 0 Å². The fraction of sp³-hybridized carbons (Fsp3) is 0.750. The van der Waals surface area contributed by atoms with E-state index in [1.54, 1.807) is 7.11 Å². The lowest BCUT2D eigenvalue weighted by atomic mass is 10.1. The number of ether oxygens (including phenoxy) is 1. The van der Waals surface area contributed by atoms with Crippen LogP contribution in [-0.4, -0.2) is 29.5 Å². The molecule has 0 aliphatic heterocycles. The van der Waals surface area contributed by atoms with Gasteiger partial charge in [-0.05, 0) is 26.8 Å². The van der Waals surface area contributed by atoms with Crippen molar-refractivity contribution in [1.82, 2.24) is 15.1 Å². The molecular weight excluding hydrogens is 202 g/mol. The Labute approximate surface area is 98.0 Å². The van der Waals surface area contributed by atoms with Gasteiger partial charge in [0.15, 0.2) is 0 Å². The van der Waals surface area contributed by atoms with E-state index in [-0.39, 0.29) is 12.1 Å². The lowest BCUT2D eigenvalue weighted by Gasteiger charge is -2.22. The number of rotatable bonds is 7. The fourth-order valence-corrected chi connectivity index (χ4v) is 1.70. The summed E-state index contributed by atoms with van der Waals surface area (Å²) in [6, 6.07) is 0.227. The summed E-state index contributed by atoms with van der Waals surface area (Å²) in [5, 5.41) is 7.80. The van der Waals surface area contributed by atoms with Gasteiger partial charge in [0.25, 0.3) is 0 Å². The number of aryl methyl sites for hydroxylation is 1. The second-order valence-electron chi connectivity index (χ2n) is 4.00. The summed E-state index contributed by atoms with van der Waals surface area (Å²) in [6.07, 6.45) is 5.28. The molecule has 0 fully saturated rings. The quantitative estimate of drug-likeness (QED) is 0.771. The van der Waals surface area contributed by atoms with Crippen LogP contribution in [0.3, 0.4) is 0 Å². The Kier molecular flexibility index (Phi) is 5.49. The molecule has 1 heterocycles. The summed E-state index contributed by atoms with van der Waals surface area (Å²) >= 11 is 0. The Morgan fingerprint density at radius 2 is 2.25 bits per heavy atom. The van der Waals surface area contributed by atoms with Gasteiger partial charge >= 0.3 is 0 Å². The number of nitrogens with one attached hydrogen (secondary N) is 1. The van der Waals surface area contributed by atoms with Crippen LogP contribution in [0, 0.1) is 0 Å². The summed E-state index contributed by atoms with van der Waals surface area (Å²) in [4.78, 5) is 0. The average Bonchev–Trinajstić information content (AvgIpc) is 2.77. The van der Waals surface area contributed by atoms with E-state index in [1.165, 1.54) is 5.56 Å². The van der Waals surface area contributed by atoms with Gasteiger partial charge in [0, 0.05) is 25.4 Å². The SMILES string of the molecule is CCCNC(c1cnn(CC)c1)C(C)OC. The molecule has 0 aliphatic carbocycles. The molecule has 1 aromatic heterocycles. The van der Waals surface area contributed by atoms with Crippen LogP contribution >= 0.6 is 0 Å². The number of aromatic nitrogens is 2. The molecule has 92 valence electrons. The summed E-state index contributed by atoms with van der Waals surface area (Å²) < 4.78 is 7.35. The van der Waals surface area contributed by atoms with E-state index in [2.05, 4.69) is 37.4 Å². The molecule has 0 aliphatic rings. The third-order valence-electron chi connectivity index (χ3n) is 2.79. The topological polar surface area (TPSA) is 39.1 Å². The van der Waals surface area contributed by atoms with Crippen molar-refractivity contribution in [2.45, 2.75) is 45.9 Å². The van der Waals surface area contributed by atoms with Crippen LogP contribution in [0.5, 0.6) is 0 Å². The van der Waals surface area contributed by atoms with Crippen LogP contribution in [0.25, 0.3) is 0 Å². The molecule has 1 N–H and O–H groups in total. The highest BCUT2D eigenvalue weighted by molar-refractivity contribution is 5.12. The molecule has 0 saturated carbocycles. The van der Waals surface area contributed by atoms with Crippen molar-refractivity contribution in [3.63, 3.8) is 0 Å². The molecule has 16 heavy (non-hydrogen) atoms. The maximum absolute atomic E-state index is 5.41. The van der Waals surface area contributed by atoms with Gasteiger partial charge in [-0.2, -0.15) is 5.10 Å². The monoisotopic (exact) mass is 225 g/mol. The molecule has 0 bridgehead atoms. The van der Waals surface area contributed by atoms with Crippen molar-refractivity contribution in [3.05, 3.63) is 18.0 Å². The van der Waals surface area contributed by atoms with E-state index in [0.717, 1.165) is 19.5 Å². The highest BCUT2D eigenvalue weighted by atomic mass is 16.5. The van der Waals surface area contributed by atoms with Gasteiger partial charge in [0.1, 0.15) is 0 Å². The van der Waals surface area contributed by atoms with Crippen LogP contribution in [0.4, 0.5) is 0 Å². The molecule has 4 nitrogen and oxygen atoms in total. The maximum atomic E-state index is 5.41. The summed E-state index contributed by atoms with van der Waals surface area (Å²) in [7, 11) is 1.75. The zero-order chi connectivity index (χ0) is 12.0. The fourth-order valence-electron chi connectivity index (χ4n) is 1.70. The van der Waals surface area contributed by atoms with Gasteiger partial charge in [0.2, 0.25) is 0 Å². The van der Waals surface area contributed by atoms with E-state index in [4.69, 9.17) is 4.74 Å². The average molecular weight is 225 g/mol. The molecule has 0 spiro atoms. The summed E-state index contributed by atoms with van der Waals surface area (Å²) in [5.74, 6) is 0. The van der Waals surface area contributed by atoms with Gasteiger partial charge in [-0.25, -0.2) is 0 Å². The molecule has 1 rings (SSSR count).